The number of nitrogen functional groups attached to an aromatic ring is 1. The predicted molar refractivity (Wildman–Crippen MR) is 76.2 cm³/mol. The molecule has 0 radical (unpaired) electrons. The van der Waals surface area contributed by atoms with E-state index < -0.39 is 0 Å². The van der Waals surface area contributed by atoms with Crippen LogP contribution in [0.15, 0.2) is 55.0 Å². The average Bonchev–Trinajstić information content (AvgIpc) is 2.89. The summed E-state index contributed by atoms with van der Waals surface area (Å²) < 4.78 is 1.65. The van der Waals surface area contributed by atoms with Crippen molar-refractivity contribution in [3.8, 4) is 16.9 Å². The zero-order valence-electron chi connectivity index (χ0n) is 9.99. The summed E-state index contributed by atoms with van der Waals surface area (Å²) in [5.41, 5.74) is 8.50. The van der Waals surface area contributed by atoms with Gasteiger partial charge in [0.1, 0.15) is 0 Å². The monoisotopic (exact) mass is 270 g/mol. The van der Waals surface area contributed by atoms with Crippen LogP contribution in [0.5, 0.6) is 0 Å². The first-order chi connectivity index (χ1) is 9.24. The third-order valence-corrected chi connectivity index (χ3v) is 2.98. The van der Waals surface area contributed by atoms with Gasteiger partial charge in [0, 0.05) is 18.0 Å². The largest absolute Gasteiger partial charge is 0.396 e. The van der Waals surface area contributed by atoms with E-state index in [1.807, 2.05) is 36.5 Å². The molecule has 3 rings (SSSR count). The smallest absolute Gasteiger partial charge is 0.176 e. The first kappa shape index (κ1) is 11.7. The van der Waals surface area contributed by atoms with Crippen molar-refractivity contribution < 1.29 is 0 Å². The van der Waals surface area contributed by atoms with Gasteiger partial charge in [-0.25, -0.2) is 9.67 Å². The number of aromatic nitrogens is 3. The maximum absolute atomic E-state index is 5.89. The van der Waals surface area contributed by atoms with Crippen molar-refractivity contribution in [1.29, 1.82) is 0 Å². The molecule has 5 heteroatoms. The van der Waals surface area contributed by atoms with Gasteiger partial charge in [0.05, 0.1) is 16.9 Å². The van der Waals surface area contributed by atoms with Crippen LogP contribution in [0, 0.1) is 0 Å². The minimum Gasteiger partial charge on any atom is -0.396 e. The molecule has 94 valence electrons. The Morgan fingerprint density at radius 3 is 2.58 bits per heavy atom. The molecule has 0 unspecified atom stereocenters. The third kappa shape index (κ3) is 2.30. The molecule has 0 aliphatic rings. The van der Waals surface area contributed by atoms with Crippen molar-refractivity contribution in [2.24, 2.45) is 0 Å². The molecule has 0 aliphatic carbocycles. The molecular formula is C14H11ClN4. The van der Waals surface area contributed by atoms with Crippen molar-refractivity contribution >= 4 is 17.3 Å². The quantitative estimate of drug-likeness (QED) is 0.778. The van der Waals surface area contributed by atoms with E-state index in [0.29, 0.717) is 16.5 Å². The Kier molecular flexibility index (Phi) is 2.93. The highest BCUT2D eigenvalue weighted by molar-refractivity contribution is 6.30. The van der Waals surface area contributed by atoms with Gasteiger partial charge in [0.25, 0.3) is 0 Å². The van der Waals surface area contributed by atoms with E-state index in [1.165, 1.54) is 0 Å². The topological polar surface area (TPSA) is 56.7 Å². The molecule has 19 heavy (non-hydrogen) atoms. The van der Waals surface area contributed by atoms with Crippen molar-refractivity contribution in [2.45, 2.75) is 0 Å². The van der Waals surface area contributed by atoms with Crippen LogP contribution in [0.3, 0.4) is 0 Å². The number of hydrogen-bond donors (Lipinski definition) is 1. The maximum atomic E-state index is 5.89. The van der Waals surface area contributed by atoms with E-state index in [1.54, 1.807) is 23.1 Å². The molecule has 4 nitrogen and oxygen atoms in total. The second-order valence-electron chi connectivity index (χ2n) is 4.11. The van der Waals surface area contributed by atoms with Gasteiger partial charge in [0.2, 0.25) is 0 Å². The molecule has 3 aromatic rings. The Morgan fingerprint density at radius 2 is 1.84 bits per heavy atom. The highest BCUT2D eigenvalue weighted by Gasteiger charge is 2.07. The normalized spacial score (nSPS) is 10.6. The number of anilines is 1. The molecule has 2 N–H and O–H groups in total. The van der Waals surface area contributed by atoms with Crippen LogP contribution < -0.4 is 5.73 Å². The summed E-state index contributed by atoms with van der Waals surface area (Å²) in [5.74, 6) is 0.576. The summed E-state index contributed by atoms with van der Waals surface area (Å²) in [6.45, 7) is 0. The molecule has 2 heterocycles. The Morgan fingerprint density at radius 1 is 1.05 bits per heavy atom. The Balaban J connectivity index is 2.02. The fourth-order valence-electron chi connectivity index (χ4n) is 1.86. The molecule has 0 fully saturated rings. The second-order valence-corrected chi connectivity index (χ2v) is 4.54. The SMILES string of the molecule is Nc1cc(Cl)cnc1-n1cc(-c2ccccc2)cn1. The van der Waals surface area contributed by atoms with Crippen LogP contribution in [-0.4, -0.2) is 14.8 Å². The van der Waals surface area contributed by atoms with E-state index in [4.69, 9.17) is 17.3 Å². The molecule has 0 atom stereocenters. The Hall–Kier alpha value is -2.33. The van der Waals surface area contributed by atoms with Gasteiger partial charge < -0.3 is 5.73 Å². The molecule has 0 bridgehead atoms. The summed E-state index contributed by atoms with van der Waals surface area (Å²) >= 11 is 5.83. The fraction of sp³-hybridized carbons (Fsp3) is 0. The van der Waals surface area contributed by atoms with Crippen LogP contribution in [0.25, 0.3) is 16.9 Å². The van der Waals surface area contributed by atoms with Gasteiger partial charge in [-0.15, -0.1) is 0 Å². The summed E-state index contributed by atoms with van der Waals surface area (Å²) in [7, 11) is 0. The molecule has 0 aliphatic heterocycles. The standard InChI is InChI=1S/C14H11ClN4/c15-12-6-13(16)14(17-8-12)19-9-11(7-18-19)10-4-2-1-3-5-10/h1-9H,16H2. The van der Waals surface area contributed by atoms with E-state index in [9.17, 15) is 0 Å². The maximum Gasteiger partial charge on any atom is 0.176 e. The number of rotatable bonds is 2. The lowest BCUT2D eigenvalue weighted by Gasteiger charge is -2.04. The number of halogens is 1. The number of nitrogens with zero attached hydrogens (tertiary/aromatic N) is 3. The van der Waals surface area contributed by atoms with Gasteiger partial charge >= 0.3 is 0 Å². The minimum absolute atomic E-state index is 0.496. The highest BCUT2D eigenvalue weighted by atomic mass is 35.5. The number of pyridine rings is 1. The van der Waals surface area contributed by atoms with Gasteiger partial charge in [0.15, 0.2) is 5.82 Å². The highest BCUT2D eigenvalue weighted by Crippen LogP contribution is 2.22. The minimum atomic E-state index is 0.496. The zero-order chi connectivity index (χ0) is 13.2. The molecule has 2 aromatic heterocycles. The first-order valence-electron chi connectivity index (χ1n) is 5.75. The molecule has 0 saturated carbocycles. The van der Waals surface area contributed by atoms with Crippen LogP contribution >= 0.6 is 11.6 Å². The lowest BCUT2D eigenvalue weighted by atomic mass is 10.1. The summed E-state index contributed by atoms with van der Waals surface area (Å²) in [5, 5.41) is 4.80. The lowest BCUT2D eigenvalue weighted by Crippen LogP contribution is -2.02. The van der Waals surface area contributed by atoms with E-state index in [0.717, 1.165) is 11.1 Å². The number of benzene rings is 1. The molecule has 0 saturated heterocycles. The second kappa shape index (κ2) is 4.74. The van der Waals surface area contributed by atoms with Crippen LogP contribution in [0.1, 0.15) is 0 Å². The van der Waals surface area contributed by atoms with Gasteiger partial charge in [-0.3, -0.25) is 0 Å². The first-order valence-corrected chi connectivity index (χ1v) is 6.13. The van der Waals surface area contributed by atoms with Crippen LogP contribution in [0.2, 0.25) is 5.02 Å². The van der Waals surface area contributed by atoms with Gasteiger partial charge in [-0.2, -0.15) is 5.10 Å². The van der Waals surface area contributed by atoms with Gasteiger partial charge in [-0.1, -0.05) is 41.9 Å². The van der Waals surface area contributed by atoms with Gasteiger partial charge in [-0.05, 0) is 11.6 Å². The summed E-state index contributed by atoms with van der Waals surface area (Å²) in [6.07, 6.45) is 5.23. The summed E-state index contributed by atoms with van der Waals surface area (Å²) in [6, 6.07) is 11.7. The third-order valence-electron chi connectivity index (χ3n) is 2.77. The summed E-state index contributed by atoms with van der Waals surface area (Å²) in [4.78, 5) is 4.20. The van der Waals surface area contributed by atoms with Crippen molar-refractivity contribution in [3.05, 3.63) is 60.0 Å². The lowest BCUT2D eigenvalue weighted by molar-refractivity contribution is 0.850. The van der Waals surface area contributed by atoms with Crippen molar-refractivity contribution in [1.82, 2.24) is 14.8 Å². The number of hydrogen-bond acceptors (Lipinski definition) is 3. The molecule has 0 spiro atoms. The zero-order valence-corrected chi connectivity index (χ0v) is 10.7. The van der Waals surface area contributed by atoms with Crippen LogP contribution in [0.4, 0.5) is 5.69 Å². The van der Waals surface area contributed by atoms with E-state index >= 15 is 0 Å². The van der Waals surface area contributed by atoms with E-state index in [2.05, 4.69) is 10.1 Å². The Bertz CT molecular complexity index is 706. The molecular weight excluding hydrogens is 260 g/mol. The Labute approximate surface area is 115 Å². The van der Waals surface area contributed by atoms with Crippen molar-refractivity contribution in [2.75, 3.05) is 5.73 Å². The fourth-order valence-corrected chi connectivity index (χ4v) is 2.02. The van der Waals surface area contributed by atoms with E-state index in [-0.39, 0.29) is 0 Å². The van der Waals surface area contributed by atoms with Crippen LogP contribution in [-0.2, 0) is 0 Å². The predicted octanol–water partition coefficient (Wildman–Crippen LogP) is 3.17. The average molecular weight is 271 g/mol. The molecule has 0 amide bonds. The van der Waals surface area contributed by atoms with Crippen molar-refractivity contribution in [3.63, 3.8) is 0 Å². The number of nitrogens with two attached hydrogens (primary N) is 1. The molecule has 1 aromatic carbocycles.